The third-order valence-electron chi connectivity index (χ3n) is 2.28. The van der Waals surface area contributed by atoms with Gasteiger partial charge in [0.25, 0.3) is 0 Å². The van der Waals surface area contributed by atoms with Gasteiger partial charge in [0.2, 0.25) is 0 Å². The summed E-state index contributed by atoms with van der Waals surface area (Å²) >= 11 is 0. The Balaban J connectivity index is 3.24. The van der Waals surface area contributed by atoms with Crippen molar-refractivity contribution in [2.45, 2.75) is 20.0 Å². The number of hydrogen-bond donors (Lipinski definition) is 1. The fourth-order valence-electron chi connectivity index (χ4n) is 1.31. The topological polar surface area (TPSA) is 26.0 Å². The molecule has 0 saturated heterocycles. The Morgan fingerprint density at radius 2 is 1.60 bits per heavy atom. The molecule has 0 bridgehead atoms. The molecule has 1 aromatic rings. The van der Waals surface area contributed by atoms with Gasteiger partial charge in [-0.25, -0.2) is 0 Å². The summed E-state index contributed by atoms with van der Waals surface area (Å²) < 4.78 is 37.1. The van der Waals surface area contributed by atoms with Crippen molar-refractivity contribution in [2.75, 3.05) is 5.73 Å². The fourth-order valence-corrected chi connectivity index (χ4v) is 1.31. The molecule has 0 amide bonds. The van der Waals surface area contributed by atoms with E-state index in [0.29, 0.717) is 16.8 Å². The van der Waals surface area contributed by atoms with Gasteiger partial charge >= 0.3 is 6.18 Å². The second-order valence-electron chi connectivity index (χ2n) is 3.50. The Kier molecular flexibility index (Phi) is 2.79. The highest BCUT2D eigenvalue weighted by Crippen LogP contribution is 2.34. The lowest BCUT2D eigenvalue weighted by atomic mass is 10.00. The van der Waals surface area contributed by atoms with E-state index in [1.165, 1.54) is 12.1 Å². The molecule has 0 heterocycles. The molecule has 0 saturated carbocycles. The fraction of sp³-hybridized carbons (Fsp3) is 0.273. The second kappa shape index (κ2) is 3.61. The minimum atomic E-state index is -4.39. The van der Waals surface area contributed by atoms with Crippen molar-refractivity contribution >= 4 is 11.3 Å². The molecule has 0 aliphatic heterocycles. The normalized spacial score (nSPS) is 11.5. The number of allylic oxidation sites excluding steroid dienone is 1. The Bertz CT molecular complexity index is 382. The number of anilines is 1. The van der Waals surface area contributed by atoms with Gasteiger partial charge in [-0.05, 0) is 42.7 Å². The zero-order valence-electron chi connectivity index (χ0n) is 8.57. The number of nitrogens with two attached hydrogens (primary N) is 1. The molecule has 82 valence electrons. The number of hydrogen-bond acceptors (Lipinski definition) is 1. The third kappa shape index (κ3) is 2.32. The van der Waals surface area contributed by atoms with Crippen LogP contribution >= 0.6 is 0 Å². The molecule has 4 heteroatoms. The predicted molar refractivity (Wildman–Crippen MR) is 55.4 cm³/mol. The zero-order valence-corrected chi connectivity index (χ0v) is 8.57. The predicted octanol–water partition coefficient (Wildman–Crippen LogP) is 3.46. The maximum absolute atomic E-state index is 12.4. The Morgan fingerprint density at radius 1 is 1.20 bits per heavy atom. The minimum Gasteiger partial charge on any atom is -0.398 e. The van der Waals surface area contributed by atoms with Gasteiger partial charge in [-0.15, -0.1) is 0 Å². The molecule has 0 unspecified atom stereocenters. The van der Waals surface area contributed by atoms with Crippen LogP contribution in [-0.2, 0) is 0 Å². The molecule has 0 aromatic heterocycles. The van der Waals surface area contributed by atoms with Crippen LogP contribution in [0.1, 0.15) is 16.7 Å². The molecule has 0 radical (unpaired) electrons. The summed E-state index contributed by atoms with van der Waals surface area (Å²) in [6.45, 7) is 6.39. The van der Waals surface area contributed by atoms with Crippen molar-refractivity contribution in [1.82, 2.24) is 0 Å². The monoisotopic (exact) mass is 215 g/mol. The SMILES string of the molecule is C=C(c1cc(C)c(N)c(C)c1)C(F)(F)F. The van der Waals surface area contributed by atoms with E-state index in [2.05, 4.69) is 6.58 Å². The van der Waals surface area contributed by atoms with E-state index in [9.17, 15) is 13.2 Å². The lowest BCUT2D eigenvalue weighted by Crippen LogP contribution is -2.10. The van der Waals surface area contributed by atoms with Crippen molar-refractivity contribution in [1.29, 1.82) is 0 Å². The van der Waals surface area contributed by atoms with Crippen LogP contribution in [0.2, 0.25) is 0 Å². The van der Waals surface area contributed by atoms with E-state index >= 15 is 0 Å². The highest BCUT2D eigenvalue weighted by atomic mass is 19.4. The molecule has 1 nitrogen and oxygen atoms in total. The molecule has 0 atom stereocenters. The van der Waals surface area contributed by atoms with Gasteiger partial charge in [0.1, 0.15) is 0 Å². The van der Waals surface area contributed by atoms with Crippen LogP contribution in [0, 0.1) is 13.8 Å². The lowest BCUT2D eigenvalue weighted by molar-refractivity contribution is -0.0686. The van der Waals surface area contributed by atoms with Crippen LogP contribution in [0.25, 0.3) is 5.57 Å². The first-order valence-electron chi connectivity index (χ1n) is 4.36. The number of benzene rings is 1. The summed E-state index contributed by atoms with van der Waals surface area (Å²) in [6, 6.07) is 2.80. The molecule has 0 aliphatic rings. The summed E-state index contributed by atoms with van der Waals surface area (Å²) in [5.74, 6) is 0. The number of rotatable bonds is 1. The first-order valence-corrected chi connectivity index (χ1v) is 4.36. The van der Waals surface area contributed by atoms with E-state index in [-0.39, 0.29) is 5.56 Å². The van der Waals surface area contributed by atoms with Crippen molar-refractivity contribution in [3.63, 3.8) is 0 Å². The van der Waals surface area contributed by atoms with Gasteiger partial charge in [0, 0.05) is 5.69 Å². The van der Waals surface area contributed by atoms with Crippen LogP contribution in [0.15, 0.2) is 18.7 Å². The van der Waals surface area contributed by atoms with Crippen LogP contribution in [-0.4, -0.2) is 6.18 Å². The van der Waals surface area contributed by atoms with Crippen molar-refractivity contribution < 1.29 is 13.2 Å². The number of nitrogen functional groups attached to an aromatic ring is 1. The summed E-state index contributed by atoms with van der Waals surface area (Å²) in [7, 11) is 0. The molecule has 0 aliphatic carbocycles. The van der Waals surface area contributed by atoms with Crippen LogP contribution in [0.3, 0.4) is 0 Å². The second-order valence-corrected chi connectivity index (χ2v) is 3.50. The Labute approximate surface area is 86.4 Å². The molecule has 2 N–H and O–H groups in total. The smallest absolute Gasteiger partial charge is 0.398 e. The Hall–Kier alpha value is -1.45. The van der Waals surface area contributed by atoms with Crippen molar-refractivity contribution in [3.8, 4) is 0 Å². The molecule has 15 heavy (non-hydrogen) atoms. The third-order valence-corrected chi connectivity index (χ3v) is 2.28. The minimum absolute atomic E-state index is 0.0756. The van der Waals surface area contributed by atoms with Gasteiger partial charge in [0.05, 0.1) is 5.57 Å². The van der Waals surface area contributed by atoms with Gasteiger partial charge in [-0.2, -0.15) is 13.2 Å². The van der Waals surface area contributed by atoms with Crippen LogP contribution < -0.4 is 5.73 Å². The zero-order chi connectivity index (χ0) is 11.8. The van der Waals surface area contributed by atoms with E-state index in [0.717, 1.165) is 0 Å². The van der Waals surface area contributed by atoms with Gasteiger partial charge < -0.3 is 5.73 Å². The summed E-state index contributed by atoms with van der Waals surface area (Å²) in [4.78, 5) is 0. The number of halogens is 3. The molecule has 1 rings (SSSR count). The molecule has 0 fully saturated rings. The standard InChI is InChI=1S/C11H12F3N/c1-6-4-9(5-7(2)10(6)15)8(3)11(12,13)14/h4-5H,3,15H2,1-2H3. The van der Waals surface area contributed by atoms with Crippen LogP contribution in [0.4, 0.5) is 18.9 Å². The summed E-state index contributed by atoms with van der Waals surface area (Å²) in [5, 5.41) is 0. The maximum atomic E-state index is 12.4. The average Bonchev–Trinajstić information content (AvgIpc) is 2.10. The van der Waals surface area contributed by atoms with E-state index in [4.69, 9.17) is 5.73 Å². The van der Waals surface area contributed by atoms with Crippen molar-refractivity contribution in [3.05, 3.63) is 35.4 Å². The average molecular weight is 215 g/mol. The van der Waals surface area contributed by atoms with Crippen molar-refractivity contribution in [2.24, 2.45) is 0 Å². The van der Waals surface area contributed by atoms with E-state index < -0.39 is 11.7 Å². The molecular weight excluding hydrogens is 203 g/mol. The number of alkyl halides is 3. The number of aryl methyl sites for hydroxylation is 2. The largest absolute Gasteiger partial charge is 0.416 e. The van der Waals surface area contributed by atoms with Gasteiger partial charge in [-0.1, -0.05) is 6.58 Å². The maximum Gasteiger partial charge on any atom is 0.416 e. The highest BCUT2D eigenvalue weighted by Gasteiger charge is 2.33. The highest BCUT2D eigenvalue weighted by molar-refractivity contribution is 5.71. The lowest BCUT2D eigenvalue weighted by Gasteiger charge is -2.13. The van der Waals surface area contributed by atoms with E-state index in [1.807, 2.05) is 0 Å². The molecule has 1 aromatic carbocycles. The van der Waals surface area contributed by atoms with Gasteiger partial charge in [0.15, 0.2) is 0 Å². The molecule has 0 spiro atoms. The first kappa shape index (κ1) is 11.6. The summed E-state index contributed by atoms with van der Waals surface area (Å²) in [6.07, 6.45) is -4.39. The van der Waals surface area contributed by atoms with Gasteiger partial charge in [-0.3, -0.25) is 0 Å². The summed E-state index contributed by atoms with van der Waals surface area (Å²) in [5.41, 5.74) is 6.68. The quantitative estimate of drug-likeness (QED) is 0.713. The van der Waals surface area contributed by atoms with Crippen LogP contribution in [0.5, 0.6) is 0 Å². The molecular formula is C11H12F3N. The van der Waals surface area contributed by atoms with E-state index in [1.54, 1.807) is 13.8 Å². The Morgan fingerprint density at radius 3 is 1.93 bits per heavy atom. The first-order chi connectivity index (χ1) is 6.73.